The van der Waals surface area contributed by atoms with Crippen molar-refractivity contribution in [3.05, 3.63) is 35.4 Å². The number of benzene rings is 1. The van der Waals surface area contributed by atoms with Crippen molar-refractivity contribution in [1.82, 2.24) is 0 Å². The van der Waals surface area contributed by atoms with Crippen LogP contribution in [0.15, 0.2) is 24.3 Å². The van der Waals surface area contributed by atoms with Gasteiger partial charge in [-0.25, -0.2) is 4.79 Å². The zero-order chi connectivity index (χ0) is 13.6. The molecule has 0 aliphatic heterocycles. The van der Waals surface area contributed by atoms with E-state index in [-0.39, 0.29) is 5.97 Å². The molecule has 0 unspecified atom stereocenters. The van der Waals surface area contributed by atoms with Crippen molar-refractivity contribution in [1.29, 1.82) is 0 Å². The van der Waals surface area contributed by atoms with Crippen LogP contribution < -0.4 is 0 Å². The van der Waals surface area contributed by atoms with E-state index >= 15 is 0 Å². The standard InChI is InChI=1S/C15H22O3/c1-4-5-6-11-18-14(16)12-7-9-13(10-8-12)15(2,3)17/h7-10,17H,4-6,11H2,1-3H3. The van der Waals surface area contributed by atoms with Crippen LogP contribution in [0.1, 0.15) is 56.0 Å². The molecule has 0 aromatic heterocycles. The quantitative estimate of drug-likeness (QED) is 0.622. The second-order valence-corrected chi connectivity index (χ2v) is 4.98. The second kappa shape index (κ2) is 6.55. The molecule has 1 N–H and O–H groups in total. The molecule has 0 heterocycles. The lowest BCUT2D eigenvalue weighted by molar-refractivity contribution is 0.0496. The van der Waals surface area contributed by atoms with Gasteiger partial charge >= 0.3 is 5.97 Å². The highest BCUT2D eigenvalue weighted by Crippen LogP contribution is 2.19. The summed E-state index contributed by atoms with van der Waals surface area (Å²) in [4.78, 5) is 11.7. The van der Waals surface area contributed by atoms with Gasteiger partial charge in [0.05, 0.1) is 17.8 Å². The van der Waals surface area contributed by atoms with Crippen molar-refractivity contribution < 1.29 is 14.6 Å². The van der Waals surface area contributed by atoms with Crippen LogP contribution in [0.4, 0.5) is 0 Å². The molecule has 1 aromatic carbocycles. The largest absolute Gasteiger partial charge is 0.462 e. The molecule has 0 spiro atoms. The first-order valence-electron chi connectivity index (χ1n) is 6.45. The minimum atomic E-state index is -0.885. The molecule has 18 heavy (non-hydrogen) atoms. The highest BCUT2D eigenvalue weighted by molar-refractivity contribution is 5.89. The number of carbonyl (C=O) groups is 1. The van der Waals surface area contributed by atoms with Crippen LogP contribution in [0.25, 0.3) is 0 Å². The number of ether oxygens (including phenoxy) is 1. The smallest absolute Gasteiger partial charge is 0.338 e. The van der Waals surface area contributed by atoms with Crippen molar-refractivity contribution in [2.45, 2.75) is 45.6 Å². The first-order chi connectivity index (χ1) is 8.45. The van der Waals surface area contributed by atoms with Gasteiger partial charge in [-0.15, -0.1) is 0 Å². The summed E-state index contributed by atoms with van der Waals surface area (Å²) >= 11 is 0. The average molecular weight is 250 g/mol. The normalized spacial score (nSPS) is 11.3. The minimum Gasteiger partial charge on any atom is -0.462 e. The first-order valence-corrected chi connectivity index (χ1v) is 6.45. The Kier molecular flexibility index (Phi) is 5.35. The molecule has 0 amide bonds. The molecule has 0 atom stereocenters. The Labute approximate surface area is 109 Å². The van der Waals surface area contributed by atoms with Gasteiger partial charge in [-0.3, -0.25) is 0 Å². The molecule has 1 rings (SSSR count). The maximum atomic E-state index is 11.7. The van der Waals surface area contributed by atoms with E-state index in [4.69, 9.17) is 4.74 Å². The first kappa shape index (κ1) is 14.7. The molecule has 0 fully saturated rings. The lowest BCUT2D eigenvalue weighted by Gasteiger charge is -2.17. The van der Waals surface area contributed by atoms with Gasteiger partial charge in [-0.1, -0.05) is 31.9 Å². The molecule has 3 nitrogen and oxygen atoms in total. The van der Waals surface area contributed by atoms with Crippen LogP contribution in [0.3, 0.4) is 0 Å². The number of hydrogen-bond acceptors (Lipinski definition) is 3. The van der Waals surface area contributed by atoms with Gasteiger partial charge < -0.3 is 9.84 Å². The maximum absolute atomic E-state index is 11.7. The summed E-state index contributed by atoms with van der Waals surface area (Å²) in [6.45, 7) is 6.01. The minimum absolute atomic E-state index is 0.298. The average Bonchev–Trinajstić information content (AvgIpc) is 2.33. The summed E-state index contributed by atoms with van der Waals surface area (Å²) < 4.78 is 5.15. The zero-order valence-corrected chi connectivity index (χ0v) is 11.4. The number of esters is 1. The van der Waals surface area contributed by atoms with Gasteiger partial charge in [0.15, 0.2) is 0 Å². The second-order valence-electron chi connectivity index (χ2n) is 4.98. The lowest BCUT2D eigenvalue weighted by atomic mass is 9.97. The summed E-state index contributed by atoms with van der Waals surface area (Å²) in [5.74, 6) is -0.298. The third-order valence-electron chi connectivity index (χ3n) is 2.81. The SMILES string of the molecule is CCCCCOC(=O)c1ccc(C(C)(C)O)cc1. The Balaban J connectivity index is 2.54. The van der Waals surface area contributed by atoms with Gasteiger partial charge in [0.1, 0.15) is 0 Å². The lowest BCUT2D eigenvalue weighted by Crippen LogP contribution is -2.15. The molecule has 0 radical (unpaired) electrons. The van der Waals surface area contributed by atoms with E-state index < -0.39 is 5.60 Å². The maximum Gasteiger partial charge on any atom is 0.338 e. The molecule has 0 saturated heterocycles. The van der Waals surface area contributed by atoms with Gasteiger partial charge in [-0.2, -0.15) is 0 Å². The van der Waals surface area contributed by atoms with Gasteiger partial charge in [0.25, 0.3) is 0 Å². The molecule has 3 heteroatoms. The monoisotopic (exact) mass is 250 g/mol. The molecule has 100 valence electrons. The van der Waals surface area contributed by atoms with Crippen LogP contribution in [0, 0.1) is 0 Å². The van der Waals surface area contributed by atoms with Crippen LogP contribution in [0.5, 0.6) is 0 Å². The summed E-state index contributed by atoms with van der Waals surface area (Å²) in [7, 11) is 0. The Morgan fingerprint density at radius 2 is 1.83 bits per heavy atom. The number of aliphatic hydroxyl groups is 1. The predicted octanol–water partition coefficient (Wildman–Crippen LogP) is 3.26. The fourth-order valence-electron chi connectivity index (χ4n) is 1.61. The summed E-state index contributed by atoms with van der Waals surface area (Å²) in [6.07, 6.45) is 3.09. The van der Waals surface area contributed by atoms with Crippen LogP contribution >= 0.6 is 0 Å². The fraction of sp³-hybridized carbons (Fsp3) is 0.533. The van der Waals surface area contributed by atoms with Crippen molar-refractivity contribution in [3.8, 4) is 0 Å². The third-order valence-corrected chi connectivity index (χ3v) is 2.81. The Hall–Kier alpha value is -1.35. The topological polar surface area (TPSA) is 46.5 Å². The third kappa shape index (κ3) is 4.49. The summed E-state index contributed by atoms with van der Waals surface area (Å²) in [6, 6.07) is 6.89. The molecule has 0 bridgehead atoms. The Bertz CT molecular complexity index is 374. The van der Waals surface area contributed by atoms with Crippen molar-refractivity contribution in [2.24, 2.45) is 0 Å². The van der Waals surface area contributed by atoms with E-state index in [1.54, 1.807) is 38.1 Å². The summed E-state index contributed by atoms with van der Waals surface area (Å²) in [5.41, 5.74) is 0.424. The van der Waals surface area contributed by atoms with Crippen LogP contribution in [0.2, 0.25) is 0 Å². The van der Waals surface area contributed by atoms with E-state index in [2.05, 4.69) is 6.92 Å². The number of hydrogen-bond donors (Lipinski definition) is 1. The molecule has 0 aliphatic carbocycles. The van der Waals surface area contributed by atoms with Gasteiger partial charge in [0, 0.05) is 0 Å². The Morgan fingerprint density at radius 1 is 1.22 bits per heavy atom. The number of rotatable bonds is 6. The van der Waals surface area contributed by atoms with Crippen LogP contribution in [-0.4, -0.2) is 17.7 Å². The molecular weight excluding hydrogens is 228 g/mol. The number of unbranched alkanes of at least 4 members (excludes halogenated alkanes) is 2. The van der Waals surface area contributed by atoms with Crippen molar-refractivity contribution in [2.75, 3.05) is 6.61 Å². The molecule has 0 saturated carbocycles. The molecule has 1 aromatic rings. The van der Waals surface area contributed by atoms with E-state index in [9.17, 15) is 9.90 Å². The highest BCUT2D eigenvalue weighted by Gasteiger charge is 2.16. The number of carbonyl (C=O) groups excluding carboxylic acids is 1. The molecule has 0 aliphatic rings. The molecular formula is C15H22O3. The van der Waals surface area contributed by atoms with Crippen molar-refractivity contribution in [3.63, 3.8) is 0 Å². The van der Waals surface area contributed by atoms with Gasteiger partial charge in [-0.05, 0) is 38.0 Å². The van der Waals surface area contributed by atoms with E-state index in [1.165, 1.54) is 0 Å². The fourth-order valence-corrected chi connectivity index (χ4v) is 1.61. The Morgan fingerprint density at radius 3 is 2.33 bits per heavy atom. The van der Waals surface area contributed by atoms with E-state index in [0.717, 1.165) is 24.8 Å². The summed E-state index contributed by atoms with van der Waals surface area (Å²) in [5, 5.41) is 9.80. The van der Waals surface area contributed by atoms with Crippen LogP contribution in [-0.2, 0) is 10.3 Å². The predicted molar refractivity (Wildman–Crippen MR) is 71.5 cm³/mol. The highest BCUT2D eigenvalue weighted by atomic mass is 16.5. The van der Waals surface area contributed by atoms with Gasteiger partial charge in [0.2, 0.25) is 0 Å². The van der Waals surface area contributed by atoms with Crippen molar-refractivity contribution >= 4 is 5.97 Å². The van der Waals surface area contributed by atoms with E-state index in [0.29, 0.717) is 12.2 Å². The van der Waals surface area contributed by atoms with E-state index in [1.807, 2.05) is 0 Å². The zero-order valence-electron chi connectivity index (χ0n) is 11.4.